The maximum absolute atomic E-state index is 12.4. The molecule has 0 aliphatic carbocycles. The summed E-state index contributed by atoms with van der Waals surface area (Å²) in [6.45, 7) is 4.28. The highest BCUT2D eigenvalue weighted by Gasteiger charge is 2.11. The molecule has 0 saturated carbocycles. The summed E-state index contributed by atoms with van der Waals surface area (Å²) in [6, 6.07) is 19.1. The number of methoxy groups -OCH3 is 1. The number of carbonyl (C=O) groups is 3. The first-order valence-corrected chi connectivity index (χ1v) is 11.3. The van der Waals surface area contributed by atoms with E-state index in [9.17, 15) is 14.4 Å². The molecule has 0 fully saturated rings. The second-order valence-corrected chi connectivity index (χ2v) is 7.34. The summed E-state index contributed by atoms with van der Waals surface area (Å²) in [5.74, 6) is 0.233. The van der Waals surface area contributed by atoms with Gasteiger partial charge in [-0.3, -0.25) is 0 Å². The summed E-state index contributed by atoms with van der Waals surface area (Å²) in [6.07, 6.45) is 1.09. The van der Waals surface area contributed by atoms with Gasteiger partial charge in [-0.1, -0.05) is 6.58 Å². The Kier molecular flexibility index (Phi) is 10.2. The van der Waals surface area contributed by atoms with Crippen molar-refractivity contribution in [2.45, 2.75) is 0 Å². The summed E-state index contributed by atoms with van der Waals surface area (Å²) in [7, 11) is 1.54. The molecule has 0 amide bonds. The molecule has 0 atom stereocenters. The third kappa shape index (κ3) is 8.83. The van der Waals surface area contributed by atoms with Crippen molar-refractivity contribution >= 4 is 17.9 Å². The molecule has 0 bridgehead atoms. The van der Waals surface area contributed by atoms with E-state index in [1.165, 1.54) is 24.3 Å². The fourth-order valence-corrected chi connectivity index (χ4v) is 2.90. The maximum atomic E-state index is 12.4. The van der Waals surface area contributed by atoms with Crippen molar-refractivity contribution in [3.8, 4) is 23.0 Å². The lowest BCUT2D eigenvalue weighted by Gasteiger charge is -2.09. The quantitative estimate of drug-likeness (QED) is 0.145. The molecule has 3 aromatic rings. The van der Waals surface area contributed by atoms with Crippen LogP contribution in [-0.4, -0.2) is 51.4 Å². The maximum Gasteiger partial charge on any atom is 0.343 e. The van der Waals surface area contributed by atoms with Crippen molar-refractivity contribution in [3.05, 3.63) is 96.6 Å². The normalized spacial score (nSPS) is 10.2. The Labute approximate surface area is 214 Å². The second kappa shape index (κ2) is 14.1. The Hall–Kier alpha value is -4.63. The van der Waals surface area contributed by atoms with E-state index in [1.807, 2.05) is 0 Å². The molecule has 0 aliphatic rings. The average Bonchev–Trinajstić information content (AvgIpc) is 2.93. The van der Waals surface area contributed by atoms with Gasteiger partial charge in [-0.05, 0) is 72.8 Å². The standard InChI is InChI=1S/C28H26O9/c1-3-26(29)35-19-17-33-16-18-34-23-10-6-21(7-11-23)28(31)37-25-14-12-24(13-15-25)36-27(30)20-4-8-22(32-2)9-5-20/h3-15H,1,16-19H2,2H3. The van der Waals surface area contributed by atoms with Crippen LogP contribution in [0.5, 0.6) is 23.0 Å². The third-order valence-corrected chi connectivity index (χ3v) is 4.80. The van der Waals surface area contributed by atoms with Crippen LogP contribution in [0.15, 0.2) is 85.5 Å². The van der Waals surface area contributed by atoms with Gasteiger partial charge in [0.1, 0.15) is 36.2 Å². The molecule has 0 aliphatic heterocycles. The van der Waals surface area contributed by atoms with E-state index in [0.717, 1.165) is 6.08 Å². The van der Waals surface area contributed by atoms with Gasteiger partial charge in [0.2, 0.25) is 0 Å². The first-order chi connectivity index (χ1) is 18.0. The van der Waals surface area contributed by atoms with E-state index in [-0.39, 0.29) is 19.8 Å². The van der Waals surface area contributed by atoms with E-state index in [0.29, 0.717) is 40.7 Å². The largest absolute Gasteiger partial charge is 0.497 e. The van der Waals surface area contributed by atoms with Gasteiger partial charge in [0.25, 0.3) is 0 Å². The molecule has 0 unspecified atom stereocenters. The van der Waals surface area contributed by atoms with E-state index in [2.05, 4.69) is 6.58 Å². The number of esters is 3. The second-order valence-electron chi connectivity index (χ2n) is 7.34. The van der Waals surface area contributed by atoms with Crippen molar-refractivity contribution in [2.24, 2.45) is 0 Å². The first kappa shape index (κ1) is 27.0. The van der Waals surface area contributed by atoms with E-state index in [1.54, 1.807) is 55.6 Å². The number of carbonyl (C=O) groups excluding carboxylic acids is 3. The number of hydrogen-bond acceptors (Lipinski definition) is 9. The molecule has 3 aromatic carbocycles. The molecule has 0 radical (unpaired) electrons. The molecular formula is C28H26O9. The van der Waals surface area contributed by atoms with Crippen LogP contribution in [0.25, 0.3) is 0 Å². The van der Waals surface area contributed by atoms with Crippen LogP contribution in [0.2, 0.25) is 0 Å². The average molecular weight is 507 g/mol. The van der Waals surface area contributed by atoms with Crippen LogP contribution in [-0.2, 0) is 14.3 Å². The Morgan fingerprint density at radius 2 is 1.11 bits per heavy atom. The van der Waals surface area contributed by atoms with Crippen LogP contribution in [0, 0.1) is 0 Å². The molecule has 0 saturated heterocycles. The van der Waals surface area contributed by atoms with Crippen molar-refractivity contribution < 1.29 is 42.8 Å². The Bertz CT molecular complexity index is 1180. The fraction of sp³-hybridized carbons (Fsp3) is 0.179. The predicted molar refractivity (Wildman–Crippen MR) is 133 cm³/mol. The zero-order valence-corrected chi connectivity index (χ0v) is 20.2. The van der Waals surface area contributed by atoms with Crippen LogP contribution >= 0.6 is 0 Å². The van der Waals surface area contributed by atoms with Crippen molar-refractivity contribution in [1.82, 2.24) is 0 Å². The van der Waals surface area contributed by atoms with Crippen LogP contribution in [0.1, 0.15) is 20.7 Å². The van der Waals surface area contributed by atoms with E-state index < -0.39 is 17.9 Å². The SMILES string of the molecule is C=CC(=O)OCCOCCOc1ccc(C(=O)Oc2ccc(OC(=O)c3ccc(OC)cc3)cc2)cc1. The number of hydrogen-bond donors (Lipinski definition) is 0. The van der Waals surface area contributed by atoms with Crippen LogP contribution in [0.3, 0.4) is 0 Å². The van der Waals surface area contributed by atoms with Gasteiger partial charge >= 0.3 is 17.9 Å². The summed E-state index contributed by atoms with van der Waals surface area (Å²) >= 11 is 0. The lowest BCUT2D eigenvalue weighted by Crippen LogP contribution is -2.12. The topological polar surface area (TPSA) is 107 Å². The summed E-state index contributed by atoms with van der Waals surface area (Å²) in [5.41, 5.74) is 0.713. The molecule has 3 rings (SSSR count). The van der Waals surface area contributed by atoms with Gasteiger partial charge in [0.05, 0.1) is 31.5 Å². The Morgan fingerprint density at radius 3 is 1.59 bits per heavy atom. The van der Waals surface area contributed by atoms with Gasteiger partial charge in [-0.25, -0.2) is 14.4 Å². The number of rotatable bonds is 13. The molecule has 0 heterocycles. The first-order valence-electron chi connectivity index (χ1n) is 11.3. The molecule has 9 heteroatoms. The lowest BCUT2D eigenvalue weighted by atomic mass is 10.2. The van der Waals surface area contributed by atoms with Gasteiger partial charge in [-0.2, -0.15) is 0 Å². The predicted octanol–water partition coefficient (Wildman–Crippen LogP) is 4.26. The van der Waals surface area contributed by atoms with Gasteiger partial charge in [-0.15, -0.1) is 0 Å². The lowest BCUT2D eigenvalue weighted by molar-refractivity contribution is -0.139. The fourth-order valence-electron chi connectivity index (χ4n) is 2.90. The van der Waals surface area contributed by atoms with Gasteiger partial charge in [0, 0.05) is 6.08 Å². The van der Waals surface area contributed by atoms with Gasteiger partial charge in [0.15, 0.2) is 0 Å². The van der Waals surface area contributed by atoms with E-state index in [4.69, 9.17) is 28.4 Å². The van der Waals surface area contributed by atoms with E-state index >= 15 is 0 Å². The highest BCUT2D eigenvalue weighted by atomic mass is 16.6. The monoisotopic (exact) mass is 506 g/mol. The molecule has 0 N–H and O–H groups in total. The van der Waals surface area contributed by atoms with Gasteiger partial charge < -0.3 is 28.4 Å². The summed E-state index contributed by atoms with van der Waals surface area (Å²) in [5, 5.41) is 0. The molecule has 192 valence electrons. The van der Waals surface area contributed by atoms with Crippen LogP contribution < -0.4 is 18.9 Å². The highest BCUT2D eigenvalue weighted by Crippen LogP contribution is 2.21. The highest BCUT2D eigenvalue weighted by molar-refractivity contribution is 5.92. The number of ether oxygens (including phenoxy) is 6. The zero-order chi connectivity index (χ0) is 26.5. The molecule has 0 aromatic heterocycles. The van der Waals surface area contributed by atoms with Crippen molar-refractivity contribution in [2.75, 3.05) is 33.5 Å². The summed E-state index contributed by atoms with van der Waals surface area (Å²) in [4.78, 5) is 35.6. The molecule has 37 heavy (non-hydrogen) atoms. The number of benzene rings is 3. The minimum absolute atomic E-state index is 0.138. The smallest absolute Gasteiger partial charge is 0.343 e. The third-order valence-electron chi connectivity index (χ3n) is 4.80. The summed E-state index contributed by atoms with van der Waals surface area (Å²) < 4.78 is 31.4. The molecule has 9 nitrogen and oxygen atoms in total. The van der Waals surface area contributed by atoms with Crippen molar-refractivity contribution in [1.29, 1.82) is 0 Å². The molecular weight excluding hydrogens is 480 g/mol. The Morgan fingerprint density at radius 1 is 0.649 bits per heavy atom. The Balaban J connectivity index is 1.41. The molecule has 0 spiro atoms. The minimum Gasteiger partial charge on any atom is -0.497 e. The minimum atomic E-state index is -0.549. The van der Waals surface area contributed by atoms with Crippen molar-refractivity contribution in [3.63, 3.8) is 0 Å². The zero-order valence-electron chi connectivity index (χ0n) is 20.2. The van der Waals surface area contributed by atoms with Crippen LogP contribution in [0.4, 0.5) is 0 Å².